The van der Waals surface area contributed by atoms with Crippen LogP contribution in [0.15, 0.2) is 0 Å². The summed E-state index contributed by atoms with van der Waals surface area (Å²) in [6.45, 7) is 7.06. The molecule has 0 aromatic rings. The molecule has 1 N–H and O–H groups in total. The van der Waals surface area contributed by atoms with E-state index >= 15 is 0 Å². The van der Waals surface area contributed by atoms with Gasteiger partial charge in [-0.2, -0.15) is 0 Å². The molecule has 0 unspecified atom stereocenters. The second kappa shape index (κ2) is 20.0. The van der Waals surface area contributed by atoms with Gasteiger partial charge in [0, 0.05) is 0 Å². The summed E-state index contributed by atoms with van der Waals surface area (Å²) in [4.78, 5) is 0. The summed E-state index contributed by atoms with van der Waals surface area (Å²) >= 11 is 0. The van der Waals surface area contributed by atoms with E-state index in [1.807, 2.05) is 0 Å². The maximum absolute atomic E-state index is 3.61. The van der Waals surface area contributed by atoms with E-state index in [1.54, 1.807) is 0 Å². The molecule has 0 saturated heterocycles. The van der Waals surface area contributed by atoms with Gasteiger partial charge in [-0.15, -0.1) is 0 Å². The monoisotopic (exact) mass is 297 g/mol. The van der Waals surface area contributed by atoms with Crippen molar-refractivity contribution in [2.24, 2.45) is 0 Å². The fourth-order valence-corrected chi connectivity index (χ4v) is 2.89. The SMILES string of the molecule is CCCCCCCCCCNCCCCCCCCCC. The third kappa shape index (κ3) is 20.0. The van der Waals surface area contributed by atoms with E-state index in [1.165, 1.54) is 116 Å². The van der Waals surface area contributed by atoms with Gasteiger partial charge < -0.3 is 5.32 Å². The van der Waals surface area contributed by atoms with Crippen molar-refractivity contribution in [3.63, 3.8) is 0 Å². The van der Waals surface area contributed by atoms with Crippen LogP contribution in [-0.2, 0) is 0 Å². The first-order chi connectivity index (χ1) is 10.4. The number of hydrogen-bond donors (Lipinski definition) is 1. The normalized spacial score (nSPS) is 11.1. The van der Waals surface area contributed by atoms with Crippen LogP contribution in [0.5, 0.6) is 0 Å². The van der Waals surface area contributed by atoms with Crippen molar-refractivity contribution in [1.29, 1.82) is 0 Å². The molecule has 0 heterocycles. The molecule has 0 bridgehead atoms. The number of rotatable bonds is 18. The predicted octanol–water partition coefficient (Wildman–Crippen LogP) is 6.86. The second-order valence-corrected chi connectivity index (χ2v) is 6.70. The first-order valence-electron chi connectivity index (χ1n) is 10.1. The summed E-state index contributed by atoms with van der Waals surface area (Å²) in [6.07, 6.45) is 22.8. The zero-order valence-electron chi connectivity index (χ0n) is 15.2. The lowest BCUT2D eigenvalue weighted by molar-refractivity contribution is 0.532. The summed E-state index contributed by atoms with van der Waals surface area (Å²) in [7, 11) is 0. The Morgan fingerprint density at radius 1 is 0.381 bits per heavy atom. The van der Waals surface area contributed by atoms with Crippen molar-refractivity contribution in [3.05, 3.63) is 0 Å². The summed E-state index contributed by atoms with van der Waals surface area (Å²) in [6, 6.07) is 0. The van der Waals surface area contributed by atoms with Gasteiger partial charge in [0.05, 0.1) is 0 Å². The predicted molar refractivity (Wildman–Crippen MR) is 98.1 cm³/mol. The average molecular weight is 298 g/mol. The fraction of sp³-hybridized carbons (Fsp3) is 1.00. The zero-order valence-corrected chi connectivity index (χ0v) is 15.2. The molecule has 0 fully saturated rings. The Hall–Kier alpha value is -0.0400. The standard InChI is InChI=1S/C20H43N/c1-3-5-7-9-11-13-15-17-19-21-20-18-16-14-12-10-8-6-4-2/h21H,3-20H2,1-2H3. The minimum atomic E-state index is 1.24. The summed E-state index contributed by atoms with van der Waals surface area (Å²) in [5, 5.41) is 3.61. The van der Waals surface area contributed by atoms with Gasteiger partial charge in [-0.25, -0.2) is 0 Å². The highest BCUT2D eigenvalue weighted by Crippen LogP contribution is 2.09. The lowest BCUT2D eigenvalue weighted by atomic mass is 10.1. The van der Waals surface area contributed by atoms with E-state index in [2.05, 4.69) is 19.2 Å². The number of nitrogens with one attached hydrogen (secondary N) is 1. The molecule has 1 nitrogen and oxygen atoms in total. The van der Waals surface area contributed by atoms with Crippen LogP contribution >= 0.6 is 0 Å². The van der Waals surface area contributed by atoms with Gasteiger partial charge >= 0.3 is 0 Å². The topological polar surface area (TPSA) is 12.0 Å². The van der Waals surface area contributed by atoms with Crippen molar-refractivity contribution in [2.75, 3.05) is 13.1 Å². The molecular weight excluding hydrogens is 254 g/mol. The first-order valence-corrected chi connectivity index (χ1v) is 10.1. The number of hydrogen-bond acceptors (Lipinski definition) is 1. The summed E-state index contributed by atoms with van der Waals surface area (Å²) < 4.78 is 0. The second-order valence-electron chi connectivity index (χ2n) is 6.70. The van der Waals surface area contributed by atoms with Crippen LogP contribution in [0.25, 0.3) is 0 Å². The Kier molecular flexibility index (Phi) is 19.9. The Balaban J connectivity index is 2.90. The van der Waals surface area contributed by atoms with Gasteiger partial charge in [-0.05, 0) is 25.9 Å². The van der Waals surface area contributed by atoms with Crippen LogP contribution in [0.1, 0.15) is 117 Å². The third-order valence-electron chi connectivity index (χ3n) is 4.41. The quantitative estimate of drug-likeness (QED) is 0.273. The van der Waals surface area contributed by atoms with Crippen LogP contribution < -0.4 is 5.32 Å². The van der Waals surface area contributed by atoms with E-state index in [4.69, 9.17) is 0 Å². The Morgan fingerprint density at radius 3 is 1.00 bits per heavy atom. The molecule has 0 radical (unpaired) electrons. The highest BCUT2D eigenvalue weighted by atomic mass is 14.8. The maximum atomic E-state index is 3.61. The molecule has 0 aliphatic rings. The molecular formula is C20H43N. The molecule has 0 aliphatic carbocycles. The zero-order chi connectivity index (χ0) is 15.4. The van der Waals surface area contributed by atoms with Crippen LogP contribution in [0.3, 0.4) is 0 Å². The van der Waals surface area contributed by atoms with Crippen LogP contribution in [0.4, 0.5) is 0 Å². The minimum absolute atomic E-state index is 1.24. The van der Waals surface area contributed by atoms with Crippen molar-refractivity contribution >= 4 is 0 Å². The van der Waals surface area contributed by atoms with Crippen molar-refractivity contribution in [3.8, 4) is 0 Å². The Labute approximate surface area is 135 Å². The van der Waals surface area contributed by atoms with E-state index in [0.29, 0.717) is 0 Å². The molecule has 0 atom stereocenters. The Morgan fingerprint density at radius 2 is 0.667 bits per heavy atom. The van der Waals surface area contributed by atoms with Gasteiger partial charge in [-0.3, -0.25) is 0 Å². The van der Waals surface area contributed by atoms with Crippen molar-refractivity contribution in [2.45, 2.75) is 117 Å². The smallest absolute Gasteiger partial charge is 0.00489 e. The molecule has 0 amide bonds. The lowest BCUT2D eigenvalue weighted by Gasteiger charge is -2.05. The fourth-order valence-electron chi connectivity index (χ4n) is 2.89. The van der Waals surface area contributed by atoms with Gasteiger partial charge in [0.1, 0.15) is 0 Å². The van der Waals surface area contributed by atoms with E-state index < -0.39 is 0 Å². The van der Waals surface area contributed by atoms with Crippen LogP contribution in [0.2, 0.25) is 0 Å². The lowest BCUT2D eigenvalue weighted by Crippen LogP contribution is -2.16. The van der Waals surface area contributed by atoms with Gasteiger partial charge in [0.15, 0.2) is 0 Å². The van der Waals surface area contributed by atoms with E-state index in [9.17, 15) is 0 Å². The third-order valence-corrected chi connectivity index (χ3v) is 4.41. The maximum Gasteiger partial charge on any atom is -0.00489 e. The average Bonchev–Trinajstić information content (AvgIpc) is 2.50. The Bertz CT molecular complexity index is 149. The largest absolute Gasteiger partial charge is 0.317 e. The molecule has 1 heteroatoms. The molecule has 0 aromatic heterocycles. The molecule has 0 saturated carbocycles. The summed E-state index contributed by atoms with van der Waals surface area (Å²) in [5.41, 5.74) is 0. The summed E-state index contributed by atoms with van der Waals surface area (Å²) in [5.74, 6) is 0. The molecule has 0 aliphatic heterocycles. The van der Waals surface area contributed by atoms with Gasteiger partial charge in [0.2, 0.25) is 0 Å². The van der Waals surface area contributed by atoms with E-state index in [-0.39, 0.29) is 0 Å². The first kappa shape index (κ1) is 21.0. The van der Waals surface area contributed by atoms with Crippen LogP contribution in [-0.4, -0.2) is 13.1 Å². The van der Waals surface area contributed by atoms with E-state index in [0.717, 1.165) is 0 Å². The molecule has 21 heavy (non-hydrogen) atoms. The molecule has 0 aromatic carbocycles. The highest BCUT2D eigenvalue weighted by Gasteiger charge is 1.93. The molecule has 0 spiro atoms. The van der Waals surface area contributed by atoms with Gasteiger partial charge in [-0.1, -0.05) is 104 Å². The van der Waals surface area contributed by atoms with Crippen LogP contribution in [0, 0.1) is 0 Å². The molecule has 128 valence electrons. The van der Waals surface area contributed by atoms with Crippen molar-refractivity contribution < 1.29 is 0 Å². The van der Waals surface area contributed by atoms with Gasteiger partial charge in [0.25, 0.3) is 0 Å². The number of unbranched alkanes of at least 4 members (excludes halogenated alkanes) is 14. The molecule has 0 rings (SSSR count). The highest BCUT2D eigenvalue weighted by molar-refractivity contribution is 4.52. The van der Waals surface area contributed by atoms with Crippen molar-refractivity contribution in [1.82, 2.24) is 5.32 Å². The minimum Gasteiger partial charge on any atom is -0.317 e.